The van der Waals surface area contributed by atoms with Crippen LogP contribution in [0.4, 0.5) is 4.79 Å². The Morgan fingerprint density at radius 3 is 2.95 bits per heavy atom. The topological polar surface area (TPSA) is 67.4 Å². The Hall–Kier alpha value is -2.04. The molecule has 5 heteroatoms. The summed E-state index contributed by atoms with van der Waals surface area (Å²) in [6, 6.07) is 9.36. The molecule has 0 unspecified atom stereocenters. The first-order valence-electron chi connectivity index (χ1n) is 6.48. The van der Waals surface area contributed by atoms with Crippen molar-refractivity contribution in [3.63, 3.8) is 0 Å². The van der Waals surface area contributed by atoms with Crippen molar-refractivity contribution in [1.29, 1.82) is 0 Å². The molecule has 0 spiro atoms. The van der Waals surface area contributed by atoms with E-state index in [4.69, 9.17) is 4.74 Å². The van der Waals surface area contributed by atoms with Crippen LogP contribution in [0.5, 0.6) is 0 Å². The van der Waals surface area contributed by atoms with Gasteiger partial charge in [-0.3, -0.25) is 4.79 Å². The predicted octanol–water partition coefficient (Wildman–Crippen LogP) is 1.58. The molecule has 1 aromatic rings. The fraction of sp³-hybridized carbons (Fsp3) is 0.429. The zero-order chi connectivity index (χ0) is 13.5. The highest BCUT2D eigenvalue weighted by atomic mass is 16.5. The van der Waals surface area contributed by atoms with E-state index in [2.05, 4.69) is 10.6 Å². The molecule has 2 amide bonds. The second-order valence-electron chi connectivity index (χ2n) is 4.60. The van der Waals surface area contributed by atoms with Gasteiger partial charge in [0.15, 0.2) is 0 Å². The number of amides is 2. The van der Waals surface area contributed by atoms with Crippen molar-refractivity contribution in [1.82, 2.24) is 10.6 Å². The van der Waals surface area contributed by atoms with Crippen molar-refractivity contribution in [3.8, 4) is 0 Å². The van der Waals surface area contributed by atoms with Crippen molar-refractivity contribution in [2.45, 2.75) is 31.9 Å². The molecule has 0 saturated carbocycles. The summed E-state index contributed by atoms with van der Waals surface area (Å²) < 4.78 is 5.13. The zero-order valence-corrected chi connectivity index (χ0v) is 10.7. The van der Waals surface area contributed by atoms with Crippen molar-refractivity contribution in [3.05, 3.63) is 35.9 Å². The van der Waals surface area contributed by atoms with E-state index in [0.29, 0.717) is 13.0 Å². The third-order valence-electron chi connectivity index (χ3n) is 3.02. The molecule has 2 rings (SSSR count). The van der Waals surface area contributed by atoms with E-state index in [0.717, 1.165) is 18.4 Å². The average Bonchev–Trinajstić information content (AvgIpc) is 2.62. The van der Waals surface area contributed by atoms with E-state index < -0.39 is 6.09 Å². The molecule has 1 heterocycles. The lowest BCUT2D eigenvalue weighted by molar-refractivity contribution is -0.121. The highest BCUT2D eigenvalue weighted by molar-refractivity contribution is 5.77. The summed E-state index contributed by atoms with van der Waals surface area (Å²) in [5.41, 5.74) is 0.941. The van der Waals surface area contributed by atoms with Crippen molar-refractivity contribution >= 4 is 12.0 Å². The number of nitrogens with one attached hydrogen (secondary N) is 2. The minimum atomic E-state index is -0.469. The van der Waals surface area contributed by atoms with E-state index in [1.165, 1.54) is 0 Å². The maximum Gasteiger partial charge on any atom is 0.407 e. The minimum absolute atomic E-state index is 0.0224. The van der Waals surface area contributed by atoms with Crippen LogP contribution < -0.4 is 10.6 Å². The fourth-order valence-corrected chi connectivity index (χ4v) is 2.03. The summed E-state index contributed by atoms with van der Waals surface area (Å²) in [6.07, 6.45) is 1.51. The molecular formula is C14H18N2O3. The molecule has 1 aliphatic heterocycles. The van der Waals surface area contributed by atoms with Gasteiger partial charge in [-0.2, -0.15) is 0 Å². The Balaban J connectivity index is 1.76. The lowest BCUT2D eigenvalue weighted by Gasteiger charge is -2.15. The first-order chi connectivity index (χ1) is 9.24. The van der Waals surface area contributed by atoms with Gasteiger partial charge >= 0.3 is 6.09 Å². The SMILES string of the molecule is O=C1C[C@H](NC(=O)OCc2ccccc2)CCCN1. The monoisotopic (exact) mass is 262 g/mol. The third-order valence-corrected chi connectivity index (χ3v) is 3.02. The molecule has 0 aromatic heterocycles. The van der Waals surface area contributed by atoms with Crippen molar-refractivity contribution in [2.75, 3.05) is 6.54 Å². The van der Waals surface area contributed by atoms with Gasteiger partial charge in [0, 0.05) is 19.0 Å². The second-order valence-corrected chi connectivity index (χ2v) is 4.60. The molecule has 0 bridgehead atoms. The van der Waals surface area contributed by atoms with Gasteiger partial charge in [-0.25, -0.2) is 4.79 Å². The average molecular weight is 262 g/mol. The molecule has 1 aromatic carbocycles. The first-order valence-corrected chi connectivity index (χ1v) is 6.48. The Morgan fingerprint density at radius 1 is 1.37 bits per heavy atom. The van der Waals surface area contributed by atoms with Crippen LogP contribution in [0.2, 0.25) is 0 Å². The lowest BCUT2D eigenvalue weighted by atomic mass is 10.1. The zero-order valence-electron chi connectivity index (χ0n) is 10.7. The number of carbonyl (C=O) groups excluding carboxylic acids is 2. The maximum atomic E-state index is 11.6. The molecule has 2 N–H and O–H groups in total. The summed E-state index contributed by atoms with van der Waals surface area (Å²) in [7, 11) is 0. The van der Waals surface area contributed by atoms with E-state index in [-0.39, 0.29) is 18.6 Å². The first kappa shape index (κ1) is 13.4. The van der Waals surface area contributed by atoms with Crippen LogP contribution in [-0.4, -0.2) is 24.6 Å². The van der Waals surface area contributed by atoms with Gasteiger partial charge in [0.1, 0.15) is 6.61 Å². The van der Waals surface area contributed by atoms with E-state index in [9.17, 15) is 9.59 Å². The summed E-state index contributed by atoms with van der Waals surface area (Å²) in [4.78, 5) is 23.0. The van der Waals surface area contributed by atoms with Gasteiger partial charge in [0.2, 0.25) is 5.91 Å². The number of carbonyl (C=O) groups is 2. The Morgan fingerprint density at radius 2 is 2.16 bits per heavy atom. The van der Waals surface area contributed by atoms with Crippen molar-refractivity contribution in [2.24, 2.45) is 0 Å². The standard InChI is InChI=1S/C14H18N2O3/c17-13-9-12(7-4-8-15-13)16-14(18)19-10-11-5-2-1-3-6-11/h1-3,5-6,12H,4,7-10H2,(H,15,17)(H,16,18)/t12-/m1/s1. The third kappa shape index (κ3) is 4.62. The second kappa shape index (κ2) is 6.78. The van der Waals surface area contributed by atoms with Crippen LogP contribution in [0.25, 0.3) is 0 Å². The van der Waals surface area contributed by atoms with Gasteiger partial charge < -0.3 is 15.4 Å². The Kier molecular flexibility index (Phi) is 4.78. The summed E-state index contributed by atoms with van der Waals surface area (Å²) >= 11 is 0. The Bertz CT molecular complexity index is 434. The normalized spacial score (nSPS) is 19.2. The number of alkyl carbamates (subject to hydrolysis) is 1. The van der Waals surface area contributed by atoms with Crippen LogP contribution in [0.15, 0.2) is 30.3 Å². The largest absolute Gasteiger partial charge is 0.445 e. The van der Waals surface area contributed by atoms with E-state index >= 15 is 0 Å². The van der Waals surface area contributed by atoms with Gasteiger partial charge in [-0.05, 0) is 18.4 Å². The van der Waals surface area contributed by atoms with Gasteiger partial charge in [-0.1, -0.05) is 30.3 Å². The molecule has 0 radical (unpaired) electrons. The van der Waals surface area contributed by atoms with Gasteiger partial charge in [-0.15, -0.1) is 0 Å². The lowest BCUT2D eigenvalue weighted by Crippen LogP contribution is -2.37. The summed E-state index contributed by atoms with van der Waals surface area (Å²) in [6.45, 7) is 0.918. The van der Waals surface area contributed by atoms with Crippen LogP contribution in [0.1, 0.15) is 24.8 Å². The highest BCUT2D eigenvalue weighted by Gasteiger charge is 2.19. The van der Waals surface area contributed by atoms with Gasteiger partial charge in [0.05, 0.1) is 0 Å². The van der Waals surface area contributed by atoms with Crippen LogP contribution in [0, 0.1) is 0 Å². The van der Waals surface area contributed by atoms with E-state index in [1.54, 1.807) is 0 Å². The molecule has 0 aliphatic carbocycles. The summed E-state index contributed by atoms with van der Waals surface area (Å²) in [5, 5.41) is 5.51. The highest BCUT2D eigenvalue weighted by Crippen LogP contribution is 2.07. The molecule has 19 heavy (non-hydrogen) atoms. The molecule has 1 atom stereocenters. The molecule has 1 aliphatic rings. The number of hydrogen-bond acceptors (Lipinski definition) is 3. The minimum Gasteiger partial charge on any atom is -0.445 e. The molecule has 102 valence electrons. The number of ether oxygens (including phenoxy) is 1. The summed E-state index contributed by atoms with van der Waals surface area (Å²) in [5.74, 6) is -0.0224. The number of hydrogen-bond donors (Lipinski definition) is 2. The predicted molar refractivity (Wildman–Crippen MR) is 70.4 cm³/mol. The Labute approximate surface area is 112 Å². The molecular weight excluding hydrogens is 244 g/mol. The number of rotatable bonds is 3. The van der Waals surface area contributed by atoms with Crippen molar-refractivity contribution < 1.29 is 14.3 Å². The van der Waals surface area contributed by atoms with Crippen LogP contribution >= 0.6 is 0 Å². The molecule has 5 nitrogen and oxygen atoms in total. The van der Waals surface area contributed by atoms with Crippen LogP contribution in [-0.2, 0) is 16.1 Å². The van der Waals surface area contributed by atoms with Gasteiger partial charge in [0.25, 0.3) is 0 Å². The van der Waals surface area contributed by atoms with Crippen LogP contribution in [0.3, 0.4) is 0 Å². The smallest absolute Gasteiger partial charge is 0.407 e. The number of benzene rings is 1. The van der Waals surface area contributed by atoms with E-state index in [1.807, 2.05) is 30.3 Å². The molecule has 1 fully saturated rings. The molecule has 1 saturated heterocycles. The fourth-order valence-electron chi connectivity index (χ4n) is 2.03. The quantitative estimate of drug-likeness (QED) is 0.869. The maximum absolute atomic E-state index is 11.6.